The summed E-state index contributed by atoms with van der Waals surface area (Å²) < 4.78 is 1.66. The maximum Gasteiger partial charge on any atom is 0.276 e. The number of nitrogens with one attached hydrogen (secondary N) is 1. The summed E-state index contributed by atoms with van der Waals surface area (Å²) in [5.41, 5.74) is 4.06. The van der Waals surface area contributed by atoms with Gasteiger partial charge < -0.3 is 0 Å². The third-order valence-corrected chi connectivity index (χ3v) is 3.28. The second-order valence-electron chi connectivity index (χ2n) is 4.67. The van der Waals surface area contributed by atoms with Crippen LogP contribution in [-0.4, -0.2) is 21.7 Å². The molecule has 0 bridgehead atoms. The molecule has 0 radical (unpaired) electrons. The summed E-state index contributed by atoms with van der Waals surface area (Å²) in [5.74, 6) is 0. The first kappa shape index (κ1) is 10.4. The number of hydrogen-bond donors (Lipinski definition) is 1. The third-order valence-electron chi connectivity index (χ3n) is 3.28. The number of nitrogens with zero attached hydrogens (tertiary/aromatic N) is 2. The monoisotopic (exact) mass is 229 g/mol. The zero-order valence-corrected chi connectivity index (χ0v) is 10.0. The van der Waals surface area contributed by atoms with Gasteiger partial charge in [0.2, 0.25) is 0 Å². The van der Waals surface area contributed by atoms with E-state index in [1.807, 2.05) is 38.2 Å². The van der Waals surface area contributed by atoms with Crippen molar-refractivity contribution in [3.63, 3.8) is 0 Å². The molecule has 2 heterocycles. The molecule has 1 aromatic carbocycles. The number of aryl methyl sites for hydroxylation is 1. The van der Waals surface area contributed by atoms with E-state index in [9.17, 15) is 4.79 Å². The normalized spacial score (nSPS) is 15.2. The first-order valence-corrected chi connectivity index (χ1v) is 5.74. The molecule has 1 aliphatic rings. The lowest BCUT2D eigenvalue weighted by Gasteiger charge is -2.08. The fourth-order valence-corrected chi connectivity index (χ4v) is 2.39. The van der Waals surface area contributed by atoms with Crippen LogP contribution in [0.15, 0.2) is 29.1 Å². The largest absolute Gasteiger partial charge is 0.296 e. The van der Waals surface area contributed by atoms with Crippen molar-refractivity contribution in [3.8, 4) is 5.69 Å². The molecule has 0 unspecified atom stereocenters. The molecule has 1 N–H and O–H groups in total. The van der Waals surface area contributed by atoms with Gasteiger partial charge >= 0.3 is 0 Å². The molecule has 1 aromatic heterocycles. The van der Waals surface area contributed by atoms with E-state index in [0.717, 1.165) is 35.6 Å². The maximum atomic E-state index is 12.3. The van der Waals surface area contributed by atoms with E-state index in [-0.39, 0.29) is 5.56 Å². The lowest BCUT2D eigenvalue weighted by Crippen LogP contribution is -2.21. The Labute approximate surface area is 99.5 Å². The number of rotatable bonds is 1. The van der Waals surface area contributed by atoms with Gasteiger partial charge in [-0.2, -0.15) is 0 Å². The van der Waals surface area contributed by atoms with Gasteiger partial charge in [-0.3, -0.25) is 14.8 Å². The number of aromatic amines is 1. The third kappa shape index (κ3) is 1.52. The number of hydrogen-bond acceptors (Lipinski definition) is 2. The first-order valence-electron chi connectivity index (χ1n) is 5.74. The molecule has 1 aliphatic heterocycles. The molecular weight excluding hydrogens is 214 g/mol. The van der Waals surface area contributed by atoms with Gasteiger partial charge in [0.25, 0.3) is 5.56 Å². The van der Waals surface area contributed by atoms with Gasteiger partial charge in [0.1, 0.15) is 0 Å². The molecule has 0 saturated carbocycles. The number of fused-ring (bicyclic) bond motifs is 1. The standard InChI is InChI=1S/C13H15N3O/c1-9-5-3-4-6-12(9)16-13(17)10-7-15(2)8-11(10)14-16/h3-6,14H,7-8H2,1-2H3. The van der Waals surface area contributed by atoms with Crippen LogP contribution in [0.5, 0.6) is 0 Å². The highest BCUT2D eigenvalue weighted by molar-refractivity contribution is 5.40. The van der Waals surface area contributed by atoms with E-state index < -0.39 is 0 Å². The van der Waals surface area contributed by atoms with Crippen molar-refractivity contribution in [2.24, 2.45) is 0 Å². The highest BCUT2D eigenvalue weighted by Crippen LogP contribution is 2.18. The van der Waals surface area contributed by atoms with Gasteiger partial charge in [0.05, 0.1) is 16.9 Å². The van der Waals surface area contributed by atoms with Crippen molar-refractivity contribution < 1.29 is 0 Å². The Kier molecular flexibility index (Phi) is 2.19. The maximum absolute atomic E-state index is 12.3. The summed E-state index contributed by atoms with van der Waals surface area (Å²) in [6.07, 6.45) is 0. The topological polar surface area (TPSA) is 41.0 Å². The second kappa shape index (κ2) is 3.60. The van der Waals surface area contributed by atoms with Crippen LogP contribution in [0.1, 0.15) is 16.8 Å². The predicted molar refractivity (Wildman–Crippen MR) is 66.3 cm³/mol. The Morgan fingerprint density at radius 1 is 1.24 bits per heavy atom. The zero-order chi connectivity index (χ0) is 12.0. The SMILES string of the molecule is Cc1ccccc1-n1[nH]c2c(c1=O)CN(C)C2. The molecule has 2 aromatic rings. The van der Waals surface area contributed by atoms with E-state index in [0.29, 0.717) is 0 Å². The number of H-pyrrole nitrogens is 1. The molecule has 4 heteroatoms. The molecule has 0 aliphatic carbocycles. The van der Waals surface area contributed by atoms with Crippen molar-refractivity contribution in [1.82, 2.24) is 14.7 Å². The average molecular weight is 229 g/mol. The van der Waals surface area contributed by atoms with Crippen LogP contribution in [0.4, 0.5) is 0 Å². The Balaban J connectivity index is 2.16. The molecule has 3 rings (SSSR count). The van der Waals surface area contributed by atoms with Crippen molar-refractivity contribution in [2.45, 2.75) is 20.0 Å². The minimum absolute atomic E-state index is 0.0821. The zero-order valence-electron chi connectivity index (χ0n) is 10.0. The summed E-state index contributed by atoms with van der Waals surface area (Å²) in [6.45, 7) is 3.58. The Morgan fingerprint density at radius 2 is 2.00 bits per heavy atom. The van der Waals surface area contributed by atoms with E-state index >= 15 is 0 Å². The van der Waals surface area contributed by atoms with Crippen LogP contribution in [0.3, 0.4) is 0 Å². The van der Waals surface area contributed by atoms with E-state index in [1.165, 1.54) is 0 Å². The Bertz CT molecular complexity index is 624. The van der Waals surface area contributed by atoms with Crippen molar-refractivity contribution >= 4 is 0 Å². The lowest BCUT2D eigenvalue weighted by molar-refractivity contribution is 0.346. The molecule has 4 nitrogen and oxygen atoms in total. The second-order valence-corrected chi connectivity index (χ2v) is 4.67. The summed E-state index contributed by atoms with van der Waals surface area (Å²) in [7, 11) is 2.02. The van der Waals surface area contributed by atoms with Crippen LogP contribution in [0.25, 0.3) is 5.69 Å². The van der Waals surface area contributed by atoms with Crippen molar-refractivity contribution in [2.75, 3.05) is 7.05 Å². The van der Waals surface area contributed by atoms with Crippen molar-refractivity contribution in [1.29, 1.82) is 0 Å². The average Bonchev–Trinajstić information content (AvgIpc) is 2.79. The molecule has 0 atom stereocenters. The van der Waals surface area contributed by atoms with E-state index in [1.54, 1.807) is 4.68 Å². The van der Waals surface area contributed by atoms with Gasteiger partial charge in [-0.15, -0.1) is 0 Å². The summed E-state index contributed by atoms with van der Waals surface area (Å²) >= 11 is 0. The summed E-state index contributed by atoms with van der Waals surface area (Å²) in [6, 6.07) is 7.91. The fourth-order valence-electron chi connectivity index (χ4n) is 2.39. The smallest absolute Gasteiger partial charge is 0.276 e. The van der Waals surface area contributed by atoms with E-state index in [2.05, 4.69) is 10.00 Å². The highest BCUT2D eigenvalue weighted by Gasteiger charge is 2.23. The quantitative estimate of drug-likeness (QED) is 0.803. The van der Waals surface area contributed by atoms with Crippen molar-refractivity contribution in [3.05, 3.63) is 51.4 Å². The van der Waals surface area contributed by atoms with Gasteiger partial charge in [-0.1, -0.05) is 18.2 Å². The predicted octanol–water partition coefficient (Wildman–Crippen LogP) is 1.42. The molecule has 88 valence electrons. The van der Waals surface area contributed by atoms with Crippen LogP contribution in [0.2, 0.25) is 0 Å². The molecule has 0 amide bonds. The van der Waals surface area contributed by atoms with Gasteiger partial charge in [0.15, 0.2) is 0 Å². The minimum Gasteiger partial charge on any atom is -0.296 e. The van der Waals surface area contributed by atoms with Gasteiger partial charge in [-0.05, 0) is 25.6 Å². The summed E-state index contributed by atoms with van der Waals surface area (Å²) in [5, 5.41) is 3.21. The summed E-state index contributed by atoms with van der Waals surface area (Å²) in [4.78, 5) is 14.4. The van der Waals surface area contributed by atoms with Gasteiger partial charge in [-0.25, -0.2) is 4.68 Å². The fraction of sp³-hybridized carbons (Fsp3) is 0.308. The molecular formula is C13H15N3O. The number of aromatic nitrogens is 2. The number of para-hydroxylation sites is 1. The van der Waals surface area contributed by atoms with Gasteiger partial charge in [0, 0.05) is 13.1 Å². The Hall–Kier alpha value is -1.81. The van der Waals surface area contributed by atoms with Crippen LogP contribution in [-0.2, 0) is 13.1 Å². The number of benzene rings is 1. The van der Waals surface area contributed by atoms with Crippen LogP contribution < -0.4 is 5.56 Å². The first-order chi connectivity index (χ1) is 8.16. The van der Waals surface area contributed by atoms with Crippen LogP contribution in [0, 0.1) is 6.92 Å². The highest BCUT2D eigenvalue weighted by atomic mass is 16.1. The Morgan fingerprint density at radius 3 is 2.71 bits per heavy atom. The van der Waals surface area contributed by atoms with Crippen LogP contribution >= 0.6 is 0 Å². The molecule has 0 saturated heterocycles. The van der Waals surface area contributed by atoms with E-state index in [4.69, 9.17) is 0 Å². The lowest BCUT2D eigenvalue weighted by atomic mass is 10.2. The molecule has 0 spiro atoms. The molecule has 0 fully saturated rings. The minimum atomic E-state index is 0.0821. The molecule has 17 heavy (non-hydrogen) atoms.